The van der Waals surface area contributed by atoms with E-state index in [0.29, 0.717) is 5.69 Å². The Morgan fingerprint density at radius 1 is 1.00 bits per heavy atom. The number of hydrogen-bond acceptors (Lipinski definition) is 5. The van der Waals surface area contributed by atoms with E-state index in [4.69, 9.17) is 4.74 Å². The van der Waals surface area contributed by atoms with Crippen LogP contribution in [0.25, 0.3) is 0 Å². The van der Waals surface area contributed by atoms with Crippen molar-refractivity contribution in [3.63, 3.8) is 0 Å². The van der Waals surface area contributed by atoms with Crippen LogP contribution in [0.3, 0.4) is 0 Å². The first-order valence-electron chi connectivity index (χ1n) is 9.44. The maximum Gasteiger partial charge on any atom is 0.340 e. The average Bonchev–Trinajstić information content (AvgIpc) is 3.21. The number of para-hydroxylation sites is 1. The molecule has 0 bridgehead atoms. The third-order valence-corrected chi connectivity index (χ3v) is 4.58. The summed E-state index contributed by atoms with van der Waals surface area (Å²) in [6.07, 6.45) is 4.16. The van der Waals surface area contributed by atoms with Crippen molar-refractivity contribution in [2.45, 2.75) is 38.6 Å². The molecule has 2 aromatic rings. The fourth-order valence-electron chi connectivity index (χ4n) is 3.18. The summed E-state index contributed by atoms with van der Waals surface area (Å²) >= 11 is 0. The summed E-state index contributed by atoms with van der Waals surface area (Å²) in [5.74, 6) is -1.31. The van der Waals surface area contributed by atoms with Gasteiger partial charge >= 0.3 is 5.97 Å². The zero-order valence-electron chi connectivity index (χ0n) is 15.7. The number of carbonyl (C=O) groups excluding carboxylic acids is 3. The van der Waals surface area contributed by atoms with Gasteiger partial charge in [0.2, 0.25) is 0 Å². The third kappa shape index (κ3) is 4.73. The molecule has 7 nitrogen and oxygen atoms in total. The Hall–Kier alpha value is -3.22. The number of esters is 1. The van der Waals surface area contributed by atoms with Crippen LogP contribution in [0, 0.1) is 0 Å². The first-order chi connectivity index (χ1) is 13.6. The molecule has 146 valence electrons. The van der Waals surface area contributed by atoms with Gasteiger partial charge in [0.15, 0.2) is 0 Å². The molecule has 3 rings (SSSR count). The predicted molar refractivity (Wildman–Crippen MR) is 104 cm³/mol. The number of hydrogen-bond donors (Lipinski definition) is 2. The van der Waals surface area contributed by atoms with Gasteiger partial charge < -0.3 is 15.4 Å². The van der Waals surface area contributed by atoms with Crippen LogP contribution >= 0.6 is 0 Å². The number of rotatable bonds is 6. The van der Waals surface area contributed by atoms with E-state index < -0.39 is 11.9 Å². The highest BCUT2D eigenvalue weighted by Gasteiger charge is 2.20. The number of pyridine rings is 1. The van der Waals surface area contributed by atoms with Crippen molar-refractivity contribution in [1.82, 2.24) is 10.3 Å². The van der Waals surface area contributed by atoms with Crippen LogP contribution in [0.4, 0.5) is 5.69 Å². The number of amides is 2. The van der Waals surface area contributed by atoms with Crippen LogP contribution in [0.5, 0.6) is 0 Å². The molecule has 2 N–H and O–H groups in total. The zero-order valence-corrected chi connectivity index (χ0v) is 15.7. The van der Waals surface area contributed by atoms with Crippen LogP contribution < -0.4 is 10.6 Å². The Labute approximate surface area is 163 Å². The van der Waals surface area contributed by atoms with Gasteiger partial charge in [-0.2, -0.15) is 0 Å². The Bertz CT molecular complexity index is 875. The molecule has 0 atom stereocenters. The summed E-state index contributed by atoms with van der Waals surface area (Å²) in [4.78, 5) is 41.2. The predicted octanol–water partition coefficient (Wildman–Crippen LogP) is 3.18. The summed E-state index contributed by atoms with van der Waals surface area (Å²) in [6, 6.07) is 11.5. The van der Waals surface area contributed by atoms with Gasteiger partial charge in [0.1, 0.15) is 11.4 Å². The molecule has 1 aliphatic carbocycles. The molecule has 0 saturated heterocycles. The van der Waals surface area contributed by atoms with Gasteiger partial charge in [-0.25, -0.2) is 9.78 Å². The van der Waals surface area contributed by atoms with Gasteiger partial charge in [-0.3, -0.25) is 9.59 Å². The molecule has 1 heterocycles. The van der Waals surface area contributed by atoms with E-state index in [2.05, 4.69) is 15.6 Å². The summed E-state index contributed by atoms with van der Waals surface area (Å²) in [5.41, 5.74) is 0.873. The topological polar surface area (TPSA) is 97.4 Å². The van der Waals surface area contributed by atoms with E-state index in [-0.39, 0.29) is 35.5 Å². The number of nitrogens with one attached hydrogen (secondary N) is 2. The number of carbonyl (C=O) groups is 3. The zero-order chi connectivity index (χ0) is 19.9. The van der Waals surface area contributed by atoms with Gasteiger partial charge in [-0.05, 0) is 44.0 Å². The van der Waals surface area contributed by atoms with Crippen molar-refractivity contribution in [3.8, 4) is 0 Å². The molecule has 1 fully saturated rings. The molecule has 1 aromatic carbocycles. The second-order valence-electron chi connectivity index (χ2n) is 6.58. The molecule has 0 unspecified atom stereocenters. The second kappa shape index (κ2) is 9.12. The second-order valence-corrected chi connectivity index (χ2v) is 6.58. The van der Waals surface area contributed by atoms with Crippen LogP contribution in [0.2, 0.25) is 0 Å². The lowest BCUT2D eigenvalue weighted by molar-refractivity contribution is 0.0527. The molecule has 1 aromatic heterocycles. The molecular weight excluding hydrogens is 358 g/mol. The Balaban J connectivity index is 1.73. The highest BCUT2D eigenvalue weighted by molar-refractivity contribution is 6.07. The lowest BCUT2D eigenvalue weighted by Crippen LogP contribution is -2.33. The number of anilines is 1. The highest BCUT2D eigenvalue weighted by Crippen LogP contribution is 2.19. The SMILES string of the molecule is CCOC(=O)c1ccccc1NC(=O)c1cccc(C(=O)NC2CCCC2)n1. The number of aromatic nitrogens is 1. The van der Waals surface area contributed by atoms with E-state index in [1.165, 1.54) is 6.07 Å². The van der Waals surface area contributed by atoms with Gasteiger partial charge in [0.05, 0.1) is 17.9 Å². The van der Waals surface area contributed by atoms with E-state index in [1.807, 2.05) is 0 Å². The average molecular weight is 381 g/mol. The Morgan fingerprint density at radius 3 is 2.39 bits per heavy atom. The largest absolute Gasteiger partial charge is 0.462 e. The minimum atomic E-state index is -0.518. The fourth-order valence-corrected chi connectivity index (χ4v) is 3.18. The lowest BCUT2D eigenvalue weighted by Gasteiger charge is -2.12. The molecular formula is C21H23N3O4. The first kappa shape index (κ1) is 19.5. The van der Waals surface area contributed by atoms with Crippen molar-refractivity contribution in [3.05, 3.63) is 59.4 Å². The number of nitrogens with zero attached hydrogens (tertiary/aromatic N) is 1. The Kier molecular flexibility index (Phi) is 6.37. The molecule has 7 heteroatoms. The minimum Gasteiger partial charge on any atom is -0.462 e. The monoisotopic (exact) mass is 381 g/mol. The maximum absolute atomic E-state index is 12.6. The molecule has 1 saturated carbocycles. The first-order valence-corrected chi connectivity index (χ1v) is 9.44. The number of ether oxygens (including phenoxy) is 1. The van der Waals surface area contributed by atoms with Gasteiger partial charge in [0, 0.05) is 6.04 Å². The summed E-state index contributed by atoms with van der Waals surface area (Å²) < 4.78 is 5.01. The van der Waals surface area contributed by atoms with E-state index in [0.717, 1.165) is 25.7 Å². The van der Waals surface area contributed by atoms with Gasteiger partial charge in [-0.15, -0.1) is 0 Å². The lowest BCUT2D eigenvalue weighted by atomic mass is 10.1. The molecule has 0 radical (unpaired) electrons. The van der Waals surface area contributed by atoms with Crippen molar-refractivity contribution in [1.29, 1.82) is 0 Å². The smallest absolute Gasteiger partial charge is 0.340 e. The van der Waals surface area contributed by atoms with E-state index >= 15 is 0 Å². The van der Waals surface area contributed by atoms with Crippen LogP contribution in [-0.2, 0) is 4.74 Å². The molecule has 0 aliphatic heterocycles. The molecule has 1 aliphatic rings. The molecule has 2 amide bonds. The molecule has 28 heavy (non-hydrogen) atoms. The van der Waals surface area contributed by atoms with Gasteiger partial charge in [0.25, 0.3) is 11.8 Å². The van der Waals surface area contributed by atoms with Crippen molar-refractivity contribution < 1.29 is 19.1 Å². The van der Waals surface area contributed by atoms with Crippen LogP contribution in [0.15, 0.2) is 42.5 Å². The van der Waals surface area contributed by atoms with E-state index in [9.17, 15) is 14.4 Å². The van der Waals surface area contributed by atoms with Crippen LogP contribution in [0.1, 0.15) is 63.9 Å². The molecule has 0 spiro atoms. The standard InChI is InChI=1S/C21H23N3O4/c1-2-28-21(27)15-10-5-6-11-16(15)24-20(26)18-13-7-12-17(23-18)19(25)22-14-8-3-4-9-14/h5-7,10-14H,2-4,8-9H2,1H3,(H,22,25)(H,24,26). The third-order valence-electron chi connectivity index (χ3n) is 4.58. The summed E-state index contributed by atoms with van der Waals surface area (Å²) in [6.45, 7) is 1.95. The van der Waals surface area contributed by atoms with Crippen molar-refractivity contribution in [2.75, 3.05) is 11.9 Å². The highest BCUT2D eigenvalue weighted by atomic mass is 16.5. The maximum atomic E-state index is 12.6. The fraction of sp³-hybridized carbons (Fsp3) is 0.333. The number of benzene rings is 1. The van der Waals surface area contributed by atoms with Crippen LogP contribution in [-0.4, -0.2) is 35.4 Å². The Morgan fingerprint density at radius 2 is 1.68 bits per heavy atom. The summed E-state index contributed by atoms with van der Waals surface area (Å²) in [5, 5.41) is 5.63. The quantitative estimate of drug-likeness (QED) is 0.749. The van der Waals surface area contributed by atoms with Crippen molar-refractivity contribution in [2.24, 2.45) is 0 Å². The normalized spacial score (nSPS) is 13.8. The summed E-state index contributed by atoms with van der Waals surface area (Å²) in [7, 11) is 0. The van der Waals surface area contributed by atoms with E-state index in [1.54, 1.807) is 43.3 Å². The van der Waals surface area contributed by atoms with Crippen molar-refractivity contribution >= 4 is 23.5 Å². The minimum absolute atomic E-state index is 0.0951. The van der Waals surface area contributed by atoms with Gasteiger partial charge in [-0.1, -0.05) is 31.0 Å².